The van der Waals surface area contributed by atoms with Gasteiger partial charge in [0.15, 0.2) is 0 Å². The molecule has 0 aliphatic heterocycles. The van der Waals surface area contributed by atoms with Gasteiger partial charge in [0.25, 0.3) is 0 Å². The Morgan fingerprint density at radius 3 is 2.17 bits per heavy atom. The Bertz CT molecular complexity index is 139. The number of carbonyl (C=O) groups excluding carboxylic acids is 1. The van der Waals surface area contributed by atoms with Gasteiger partial charge in [-0.3, -0.25) is 4.90 Å². The third-order valence-corrected chi connectivity index (χ3v) is 1.57. The van der Waals surface area contributed by atoms with E-state index in [0.29, 0.717) is 6.29 Å². The molecule has 1 unspecified atom stereocenters. The van der Waals surface area contributed by atoms with E-state index in [0.717, 1.165) is 0 Å². The first-order chi connectivity index (χ1) is 5.50. The summed E-state index contributed by atoms with van der Waals surface area (Å²) in [5, 5.41) is 27.4. The van der Waals surface area contributed by atoms with Crippen LogP contribution < -0.4 is 0 Å². The van der Waals surface area contributed by atoms with Gasteiger partial charge in [0.1, 0.15) is 18.6 Å². The van der Waals surface area contributed by atoms with Crippen molar-refractivity contribution in [2.24, 2.45) is 0 Å². The Labute approximate surface area is 71.2 Å². The van der Waals surface area contributed by atoms with E-state index in [1.54, 1.807) is 14.1 Å². The van der Waals surface area contributed by atoms with E-state index in [4.69, 9.17) is 5.11 Å². The van der Waals surface area contributed by atoms with Crippen molar-refractivity contribution >= 4 is 6.29 Å². The molecule has 12 heavy (non-hydrogen) atoms. The highest BCUT2D eigenvalue weighted by molar-refractivity contribution is 5.50. The van der Waals surface area contributed by atoms with Gasteiger partial charge in [-0.2, -0.15) is 0 Å². The molecular formula is C7H15NO4. The maximum absolute atomic E-state index is 9.95. The molecule has 0 saturated heterocycles. The molecule has 72 valence electrons. The molecule has 3 atom stereocenters. The average Bonchev–Trinajstić information content (AvgIpc) is 2.02. The van der Waals surface area contributed by atoms with Crippen molar-refractivity contribution in [2.75, 3.05) is 14.1 Å². The van der Waals surface area contributed by atoms with Crippen molar-refractivity contribution in [1.29, 1.82) is 0 Å². The van der Waals surface area contributed by atoms with Gasteiger partial charge < -0.3 is 20.1 Å². The van der Waals surface area contributed by atoms with Crippen LogP contribution in [0.4, 0.5) is 0 Å². The maximum atomic E-state index is 9.95. The number of aldehydes is 1. The van der Waals surface area contributed by atoms with Gasteiger partial charge in [0.2, 0.25) is 0 Å². The molecule has 0 aromatic heterocycles. The number of hydrogen-bond donors (Lipinski definition) is 3. The van der Waals surface area contributed by atoms with Crippen LogP contribution in [0.25, 0.3) is 0 Å². The van der Waals surface area contributed by atoms with E-state index in [9.17, 15) is 15.0 Å². The fraction of sp³-hybridized carbons (Fsp3) is 0.857. The second-order valence-corrected chi connectivity index (χ2v) is 2.84. The lowest BCUT2D eigenvalue weighted by Gasteiger charge is -2.26. The minimum Gasteiger partial charge on any atom is -0.390 e. The molecule has 0 radical (unpaired) electrons. The lowest BCUT2D eigenvalue weighted by atomic mass is 10.1. The third kappa shape index (κ3) is 3.27. The zero-order valence-electron chi connectivity index (χ0n) is 7.21. The van der Waals surface area contributed by atoms with Gasteiger partial charge in [0, 0.05) is 6.42 Å². The Morgan fingerprint density at radius 2 is 1.83 bits per heavy atom. The fourth-order valence-electron chi connectivity index (χ4n) is 0.742. The summed E-state index contributed by atoms with van der Waals surface area (Å²) >= 11 is 0. The quantitative estimate of drug-likeness (QED) is 0.340. The maximum Gasteiger partial charge on any atom is 0.135 e. The van der Waals surface area contributed by atoms with Crippen LogP contribution in [0.3, 0.4) is 0 Å². The lowest BCUT2D eigenvalue weighted by Crippen LogP contribution is -2.45. The van der Waals surface area contributed by atoms with E-state index in [2.05, 4.69) is 0 Å². The summed E-state index contributed by atoms with van der Waals surface area (Å²) in [5.41, 5.74) is 0. The number of nitrogens with zero attached hydrogens (tertiary/aromatic N) is 1. The van der Waals surface area contributed by atoms with E-state index in [1.807, 2.05) is 0 Å². The summed E-state index contributed by atoms with van der Waals surface area (Å²) < 4.78 is 0. The largest absolute Gasteiger partial charge is 0.390 e. The lowest BCUT2D eigenvalue weighted by molar-refractivity contribution is -0.124. The molecule has 0 heterocycles. The van der Waals surface area contributed by atoms with Gasteiger partial charge in [-0.25, -0.2) is 0 Å². The highest BCUT2D eigenvalue weighted by atomic mass is 16.4. The highest BCUT2D eigenvalue weighted by Crippen LogP contribution is 2.04. The third-order valence-electron chi connectivity index (χ3n) is 1.57. The molecule has 0 bridgehead atoms. The predicted molar refractivity (Wildman–Crippen MR) is 42.4 cm³/mol. The Balaban J connectivity index is 3.98. The summed E-state index contributed by atoms with van der Waals surface area (Å²) in [7, 11) is 3.11. The molecule has 5 heteroatoms. The van der Waals surface area contributed by atoms with E-state index in [1.165, 1.54) is 4.90 Å². The van der Waals surface area contributed by atoms with Crippen molar-refractivity contribution < 1.29 is 20.1 Å². The average molecular weight is 177 g/mol. The minimum atomic E-state index is -1.31. The molecule has 5 nitrogen and oxygen atoms in total. The SMILES string of the molecule is CN(C)C(O)[C@@H](O)[C@@H](O)CC=O. The minimum absolute atomic E-state index is 0.175. The molecule has 0 saturated carbocycles. The van der Waals surface area contributed by atoms with E-state index in [-0.39, 0.29) is 6.42 Å². The summed E-state index contributed by atoms with van der Waals surface area (Å²) in [6.07, 6.45) is -3.35. The summed E-state index contributed by atoms with van der Waals surface area (Å²) in [6.45, 7) is 0. The van der Waals surface area contributed by atoms with Gasteiger partial charge in [0.05, 0.1) is 6.10 Å². The van der Waals surface area contributed by atoms with Crippen molar-refractivity contribution in [3.05, 3.63) is 0 Å². The first-order valence-corrected chi connectivity index (χ1v) is 3.65. The zero-order valence-corrected chi connectivity index (χ0v) is 7.21. The van der Waals surface area contributed by atoms with Crippen LogP contribution in [0.15, 0.2) is 0 Å². The molecule has 0 aromatic carbocycles. The molecule has 0 rings (SSSR count). The van der Waals surface area contributed by atoms with Gasteiger partial charge >= 0.3 is 0 Å². The second-order valence-electron chi connectivity index (χ2n) is 2.84. The number of aliphatic hydroxyl groups is 3. The number of aliphatic hydroxyl groups excluding tert-OH is 3. The highest BCUT2D eigenvalue weighted by Gasteiger charge is 2.25. The molecule has 0 fully saturated rings. The normalized spacial score (nSPS) is 18.8. The Morgan fingerprint density at radius 1 is 1.33 bits per heavy atom. The van der Waals surface area contributed by atoms with E-state index >= 15 is 0 Å². The number of carbonyl (C=O) groups is 1. The van der Waals surface area contributed by atoms with Crippen LogP contribution in [-0.2, 0) is 4.79 Å². The van der Waals surface area contributed by atoms with Crippen LogP contribution in [0, 0.1) is 0 Å². The Hall–Kier alpha value is -0.490. The molecule has 0 aliphatic rings. The van der Waals surface area contributed by atoms with Crippen molar-refractivity contribution in [3.63, 3.8) is 0 Å². The monoisotopic (exact) mass is 177 g/mol. The zero-order chi connectivity index (χ0) is 9.72. The van der Waals surface area contributed by atoms with Crippen molar-refractivity contribution in [2.45, 2.75) is 24.9 Å². The van der Waals surface area contributed by atoms with Gasteiger partial charge in [-0.15, -0.1) is 0 Å². The van der Waals surface area contributed by atoms with E-state index < -0.39 is 18.4 Å². The van der Waals surface area contributed by atoms with Crippen LogP contribution in [0.2, 0.25) is 0 Å². The van der Waals surface area contributed by atoms with Crippen molar-refractivity contribution in [3.8, 4) is 0 Å². The number of rotatable bonds is 5. The number of hydrogen-bond acceptors (Lipinski definition) is 5. The van der Waals surface area contributed by atoms with Crippen molar-refractivity contribution in [1.82, 2.24) is 4.90 Å². The standard InChI is InChI=1S/C7H15NO4/c1-8(2)7(12)6(11)5(10)3-4-9/h4-7,10-12H,3H2,1-2H3/t5-,6-,7?/m0/s1. The molecule has 3 N–H and O–H groups in total. The van der Waals surface area contributed by atoms with Gasteiger partial charge in [-0.1, -0.05) is 0 Å². The smallest absolute Gasteiger partial charge is 0.135 e. The molecule has 0 spiro atoms. The van der Waals surface area contributed by atoms with Gasteiger partial charge in [-0.05, 0) is 14.1 Å². The Kier molecular flexibility index (Phi) is 5.00. The number of likely N-dealkylation sites (N-methyl/N-ethyl adjacent to an activating group) is 1. The second kappa shape index (κ2) is 5.21. The summed E-state index contributed by atoms with van der Waals surface area (Å²) in [6, 6.07) is 0. The molecule has 0 aliphatic carbocycles. The molecular weight excluding hydrogens is 162 g/mol. The summed E-state index contributed by atoms with van der Waals surface area (Å²) in [5.74, 6) is 0. The summed E-state index contributed by atoms with van der Waals surface area (Å²) in [4.78, 5) is 11.3. The predicted octanol–water partition coefficient (Wildman–Crippen LogP) is -1.82. The first-order valence-electron chi connectivity index (χ1n) is 3.65. The fourth-order valence-corrected chi connectivity index (χ4v) is 0.742. The topological polar surface area (TPSA) is 81.0 Å². The molecule has 0 amide bonds. The van der Waals surface area contributed by atoms with Crippen LogP contribution in [0.5, 0.6) is 0 Å². The van der Waals surface area contributed by atoms with Crippen LogP contribution in [0.1, 0.15) is 6.42 Å². The molecule has 0 aromatic rings. The first kappa shape index (κ1) is 11.5. The van der Waals surface area contributed by atoms with Crippen LogP contribution in [-0.4, -0.2) is 59.0 Å². The van der Waals surface area contributed by atoms with Crippen LogP contribution >= 0.6 is 0 Å².